The maximum absolute atomic E-state index is 13.7. The van der Waals surface area contributed by atoms with Crippen LogP contribution in [0.3, 0.4) is 0 Å². The number of nitrogens with two attached hydrogens (primary N) is 1. The van der Waals surface area contributed by atoms with Crippen LogP contribution in [0.1, 0.15) is 70.6 Å². The SMILES string of the molecule is Cc1noc(C)c1C(=O)N(Cc1cccc(CN)c1)Cc1ccccc1NC(=O)C1CCCCC1. The fourth-order valence-electron chi connectivity index (χ4n) is 4.81. The summed E-state index contributed by atoms with van der Waals surface area (Å²) in [5, 5.41) is 7.11. The van der Waals surface area contributed by atoms with Crippen LogP contribution < -0.4 is 11.1 Å². The Morgan fingerprint density at radius 3 is 2.49 bits per heavy atom. The molecule has 7 heteroatoms. The summed E-state index contributed by atoms with van der Waals surface area (Å²) in [6, 6.07) is 15.6. The first-order chi connectivity index (χ1) is 17.0. The van der Waals surface area contributed by atoms with Gasteiger partial charge in [-0.05, 0) is 49.4 Å². The van der Waals surface area contributed by atoms with Gasteiger partial charge in [0, 0.05) is 31.2 Å². The van der Waals surface area contributed by atoms with Crippen molar-refractivity contribution in [1.82, 2.24) is 10.1 Å². The Morgan fingerprint density at radius 2 is 1.77 bits per heavy atom. The molecule has 2 aromatic carbocycles. The van der Waals surface area contributed by atoms with Gasteiger partial charge in [0.1, 0.15) is 11.3 Å². The van der Waals surface area contributed by atoms with Gasteiger partial charge in [-0.15, -0.1) is 0 Å². The number of carbonyl (C=O) groups is 2. The molecule has 4 rings (SSSR count). The van der Waals surface area contributed by atoms with Crippen molar-refractivity contribution in [2.45, 2.75) is 65.6 Å². The number of aromatic nitrogens is 1. The van der Waals surface area contributed by atoms with Gasteiger partial charge in [0.2, 0.25) is 5.91 Å². The molecule has 1 heterocycles. The van der Waals surface area contributed by atoms with Crippen LogP contribution in [0.5, 0.6) is 0 Å². The molecular formula is C28H34N4O3. The van der Waals surface area contributed by atoms with Crippen molar-refractivity contribution in [1.29, 1.82) is 0 Å². The van der Waals surface area contributed by atoms with Crippen LogP contribution in [-0.2, 0) is 24.4 Å². The van der Waals surface area contributed by atoms with Crippen LogP contribution in [-0.4, -0.2) is 21.9 Å². The van der Waals surface area contributed by atoms with Crippen LogP contribution in [0.2, 0.25) is 0 Å². The van der Waals surface area contributed by atoms with Crippen molar-refractivity contribution in [2.24, 2.45) is 11.7 Å². The molecule has 1 aromatic heterocycles. The average molecular weight is 475 g/mol. The summed E-state index contributed by atoms with van der Waals surface area (Å²) in [4.78, 5) is 28.4. The summed E-state index contributed by atoms with van der Waals surface area (Å²) in [7, 11) is 0. The molecule has 1 saturated carbocycles. The molecule has 7 nitrogen and oxygen atoms in total. The molecule has 0 spiro atoms. The zero-order valence-corrected chi connectivity index (χ0v) is 20.5. The van der Waals surface area contributed by atoms with Crippen molar-refractivity contribution in [2.75, 3.05) is 5.32 Å². The second-order valence-corrected chi connectivity index (χ2v) is 9.37. The van der Waals surface area contributed by atoms with Crippen molar-refractivity contribution in [3.05, 3.63) is 82.2 Å². The van der Waals surface area contributed by atoms with Gasteiger partial charge in [0.25, 0.3) is 5.91 Å². The normalized spacial score (nSPS) is 14.0. The minimum atomic E-state index is -0.159. The number of hydrogen-bond acceptors (Lipinski definition) is 5. The van der Waals surface area contributed by atoms with Gasteiger partial charge in [-0.25, -0.2) is 0 Å². The Hall–Kier alpha value is -3.45. The van der Waals surface area contributed by atoms with Crippen molar-refractivity contribution in [3.8, 4) is 0 Å². The Kier molecular flexibility index (Phi) is 7.98. The lowest BCUT2D eigenvalue weighted by Crippen LogP contribution is -2.32. The molecular weight excluding hydrogens is 440 g/mol. The predicted octanol–water partition coefficient (Wildman–Crippen LogP) is 5.11. The zero-order valence-electron chi connectivity index (χ0n) is 20.5. The van der Waals surface area contributed by atoms with E-state index in [9.17, 15) is 9.59 Å². The maximum atomic E-state index is 13.7. The number of hydrogen-bond donors (Lipinski definition) is 2. The number of carbonyl (C=O) groups excluding carboxylic acids is 2. The molecule has 0 bridgehead atoms. The van der Waals surface area contributed by atoms with Gasteiger partial charge in [0.05, 0.1) is 5.69 Å². The number of aryl methyl sites for hydroxylation is 2. The van der Waals surface area contributed by atoms with Gasteiger partial charge in [0.15, 0.2) is 0 Å². The third-order valence-electron chi connectivity index (χ3n) is 6.75. The van der Waals surface area contributed by atoms with Gasteiger partial charge >= 0.3 is 0 Å². The monoisotopic (exact) mass is 474 g/mol. The van der Waals surface area contributed by atoms with E-state index in [1.165, 1.54) is 6.42 Å². The Labute approximate surface area is 206 Å². The molecule has 0 radical (unpaired) electrons. The lowest BCUT2D eigenvalue weighted by molar-refractivity contribution is -0.120. The quantitative estimate of drug-likeness (QED) is 0.472. The summed E-state index contributed by atoms with van der Waals surface area (Å²) in [5.74, 6) is 0.451. The van der Waals surface area contributed by atoms with Crippen LogP contribution >= 0.6 is 0 Å². The Bertz CT molecular complexity index is 1160. The van der Waals surface area contributed by atoms with Crippen LogP contribution in [0.4, 0.5) is 5.69 Å². The highest BCUT2D eigenvalue weighted by atomic mass is 16.5. The second-order valence-electron chi connectivity index (χ2n) is 9.37. The summed E-state index contributed by atoms with van der Waals surface area (Å²) in [5.41, 5.74) is 10.5. The first-order valence-corrected chi connectivity index (χ1v) is 12.3. The topological polar surface area (TPSA) is 101 Å². The van der Waals surface area contributed by atoms with Crippen LogP contribution in [0, 0.1) is 19.8 Å². The number of anilines is 1. The largest absolute Gasteiger partial charge is 0.361 e. The number of nitrogens with zero attached hydrogens (tertiary/aromatic N) is 2. The summed E-state index contributed by atoms with van der Waals surface area (Å²) in [6.07, 6.45) is 5.26. The standard InChI is InChI=1S/C28H34N4O3/c1-19-26(20(2)35-31-19)28(34)32(17-22-10-8-9-21(15-22)16-29)18-24-13-6-7-14-25(24)30-27(33)23-11-4-3-5-12-23/h6-10,13-15,23H,3-5,11-12,16-18,29H2,1-2H3,(H,30,33). The molecule has 0 atom stereocenters. The van der Waals surface area contributed by atoms with E-state index < -0.39 is 0 Å². The number of nitrogens with one attached hydrogen (secondary N) is 1. The first kappa shape index (κ1) is 24.7. The second kappa shape index (κ2) is 11.3. The molecule has 35 heavy (non-hydrogen) atoms. The lowest BCUT2D eigenvalue weighted by Gasteiger charge is -2.25. The molecule has 0 aliphatic heterocycles. The summed E-state index contributed by atoms with van der Waals surface area (Å²) < 4.78 is 5.28. The predicted molar refractivity (Wildman–Crippen MR) is 136 cm³/mol. The molecule has 3 aromatic rings. The Balaban J connectivity index is 1.61. The molecule has 0 saturated heterocycles. The fourth-order valence-corrected chi connectivity index (χ4v) is 4.81. The molecule has 1 aliphatic carbocycles. The van der Waals surface area contributed by atoms with E-state index in [0.29, 0.717) is 36.7 Å². The number of amides is 2. The highest BCUT2D eigenvalue weighted by Crippen LogP contribution is 2.27. The Morgan fingerprint density at radius 1 is 1.03 bits per heavy atom. The van der Waals surface area contributed by atoms with Crippen LogP contribution in [0.15, 0.2) is 53.1 Å². The molecule has 1 fully saturated rings. The van der Waals surface area contributed by atoms with E-state index in [-0.39, 0.29) is 17.7 Å². The van der Waals surface area contributed by atoms with Crippen molar-refractivity contribution < 1.29 is 14.1 Å². The highest BCUT2D eigenvalue weighted by Gasteiger charge is 2.26. The third-order valence-corrected chi connectivity index (χ3v) is 6.75. The van der Waals surface area contributed by atoms with Gasteiger partial charge in [-0.2, -0.15) is 0 Å². The minimum absolute atomic E-state index is 0.0517. The maximum Gasteiger partial charge on any atom is 0.259 e. The van der Waals surface area contributed by atoms with E-state index in [2.05, 4.69) is 10.5 Å². The third kappa shape index (κ3) is 5.98. The smallest absolute Gasteiger partial charge is 0.259 e. The lowest BCUT2D eigenvalue weighted by atomic mass is 9.88. The fraction of sp³-hybridized carbons (Fsp3) is 0.393. The van der Waals surface area contributed by atoms with E-state index >= 15 is 0 Å². The van der Waals surface area contributed by atoms with Crippen molar-refractivity contribution in [3.63, 3.8) is 0 Å². The van der Waals surface area contributed by atoms with E-state index in [4.69, 9.17) is 10.3 Å². The molecule has 3 N–H and O–H groups in total. The summed E-state index contributed by atoms with van der Waals surface area (Å²) in [6.45, 7) is 4.67. The van der Waals surface area contributed by atoms with Gasteiger partial charge in [-0.3, -0.25) is 9.59 Å². The number of para-hydroxylation sites is 1. The van der Waals surface area contributed by atoms with Gasteiger partial charge in [-0.1, -0.05) is 66.9 Å². The molecule has 0 unspecified atom stereocenters. The molecule has 1 aliphatic rings. The van der Waals surface area contributed by atoms with E-state index in [0.717, 1.165) is 48.1 Å². The van der Waals surface area contributed by atoms with Gasteiger partial charge < -0.3 is 20.5 Å². The van der Waals surface area contributed by atoms with Crippen LogP contribution in [0.25, 0.3) is 0 Å². The highest BCUT2D eigenvalue weighted by molar-refractivity contribution is 5.96. The summed E-state index contributed by atoms with van der Waals surface area (Å²) >= 11 is 0. The molecule has 184 valence electrons. The number of benzene rings is 2. The molecule has 2 amide bonds. The first-order valence-electron chi connectivity index (χ1n) is 12.3. The van der Waals surface area contributed by atoms with E-state index in [1.807, 2.05) is 48.5 Å². The number of rotatable bonds is 8. The average Bonchev–Trinajstić information content (AvgIpc) is 3.22. The zero-order chi connectivity index (χ0) is 24.8. The minimum Gasteiger partial charge on any atom is -0.361 e. The van der Waals surface area contributed by atoms with E-state index in [1.54, 1.807) is 18.7 Å². The van der Waals surface area contributed by atoms with Crippen molar-refractivity contribution >= 4 is 17.5 Å².